The number of para-hydroxylation sites is 2. The minimum Gasteiger partial charge on any atom is -0.492 e. The third-order valence-electron chi connectivity index (χ3n) is 3.63. The molecule has 0 fully saturated rings. The zero-order valence-electron chi connectivity index (χ0n) is 14.7. The van der Waals surface area contributed by atoms with Crippen LogP contribution in [0.3, 0.4) is 0 Å². The van der Waals surface area contributed by atoms with Gasteiger partial charge in [-0.05, 0) is 30.2 Å². The van der Waals surface area contributed by atoms with E-state index < -0.39 is 12.1 Å². The first-order valence-corrected chi connectivity index (χ1v) is 8.75. The molecule has 0 aliphatic heterocycles. The fourth-order valence-corrected chi connectivity index (χ4v) is 2.45. The van der Waals surface area contributed by atoms with Gasteiger partial charge in [-0.25, -0.2) is 0 Å². The van der Waals surface area contributed by atoms with Crippen molar-refractivity contribution >= 4 is 29.1 Å². The van der Waals surface area contributed by atoms with Crippen LogP contribution in [0.15, 0.2) is 48.5 Å². The minimum absolute atomic E-state index is 0.147. The molecule has 5 nitrogen and oxygen atoms in total. The monoisotopic (exact) mass is 414 g/mol. The van der Waals surface area contributed by atoms with E-state index in [9.17, 15) is 22.8 Å². The van der Waals surface area contributed by atoms with Gasteiger partial charge in [-0.3, -0.25) is 9.59 Å². The predicted octanol–water partition coefficient (Wildman–Crippen LogP) is 4.32. The quantitative estimate of drug-likeness (QED) is 0.632. The number of anilines is 1. The third kappa shape index (κ3) is 6.77. The number of rotatable bonds is 8. The summed E-state index contributed by atoms with van der Waals surface area (Å²) in [4.78, 5) is 23.0. The summed E-state index contributed by atoms with van der Waals surface area (Å²) in [5, 5.41) is 4.88. The summed E-state index contributed by atoms with van der Waals surface area (Å²) in [5.74, 6) is -1.84. The molecule has 0 aliphatic carbocycles. The summed E-state index contributed by atoms with van der Waals surface area (Å²) in [6.07, 6.45) is -4.39. The van der Waals surface area contributed by atoms with E-state index in [1.165, 1.54) is 6.07 Å². The van der Waals surface area contributed by atoms with Crippen molar-refractivity contribution in [1.29, 1.82) is 0 Å². The zero-order valence-corrected chi connectivity index (χ0v) is 15.4. The largest absolute Gasteiger partial charge is 0.492 e. The molecular formula is C19H18ClF3N2O3. The number of alkyl halides is 3. The van der Waals surface area contributed by atoms with E-state index in [1.54, 1.807) is 47.8 Å². The van der Waals surface area contributed by atoms with E-state index >= 15 is 0 Å². The van der Waals surface area contributed by atoms with Gasteiger partial charge in [-0.1, -0.05) is 41.9 Å². The van der Waals surface area contributed by atoms with Crippen molar-refractivity contribution in [3.05, 3.63) is 59.1 Å². The van der Waals surface area contributed by atoms with Crippen LogP contribution in [0.5, 0.6) is 5.75 Å². The standard InChI is InChI=1S/C19H18ClF3N2O3/c20-14-7-2-4-9-16(14)28-11-5-10-17(26)25-15-8-3-1-6-13(15)12-24-18(27)19(21,22)23/h1-4,6-9H,5,10-12H2,(H,24,27)(H,25,26). The van der Waals surface area contributed by atoms with Crippen LogP contribution in [0.4, 0.5) is 18.9 Å². The van der Waals surface area contributed by atoms with Crippen LogP contribution in [0.25, 0.3) is 0 Å². The molecule has 0 saturated heterocycles. The van der Waals surface area contributed by atoms with Crippen molar-refractivity contribution in [2.45, 2.75) is 25.6 Å². The van der Waals surface area contributed by atoms with Gasteiger partial charge in [-0.15, -0.1) is 0 Å². The first-order chi connectivity index (χ1) is 13.3. The van der Waals surface area contributed by atoms with Crippen LogP contribution in [0, 0.1) is 0 Å². The highest BCUT2D eigenvalue weighted by Crippen LogP contribution is 2.23. The van der Waals surface area contributed by atoms with E-state index in [-0.39, 0.29) is 25.5 Å². The molecule has 2 amide bonds. The van der Waals surface area contributed by atoms with Crippen LogP contribution in [-0.2, 0) is 16.1 Å². The predicted molar refractivity (Wildman–Crippen MR) is 99.2 cm³/mol. The van der Waals surface area contributed by atoms with Gasteiger partial charge in [0.05, 0.1) is 11.6 Å². The topological polar surface area (TPSA) is 67.4 Å². The summed E-state index contributed by atoms with van der Waals surface area (Å²) < 4.78 is 42.3. The SMILES string of the molecule is O=C(CCCOc1ccccc1Cl)Nc1ccccc1CNC(=O)C(F)(F)F. The molecule has 2 rings (SSSR count). The average molecular weight is 415 g/mol. The lowest BCUT2D eigenvalue weighted by Crippen LogP contribution is -2.36. The smallest absolute Gasteiger partial charge is 0.471 e. The van der Waals surface area contributed by atoms with Crippen molar-refractivity contribution in [1.82, 2.24) is 5.32 Å². The van der Waals surface area contributed by atoms with Crippen molar-refractivity contribution in [2.75, 3.05) is 11.9 Å². The Balaban J connectivity index is 1.82. The summed E-state index contributed by atoms with van der Waals surface area (Å²) >= 11 is 5.97. The number of carbonyl (C=O) groups is 2. The van der Waals surface area contributed by atoms with Crippen LogP contribution >= 0.6 is 11.6 Å². The summed E-state index contributed by atoms with van der Waals surface area (Å²) in [6.45, 7) is -0.0785. The van der Waals surface area contributed by atoms with Crippen LogP contribution in [-0.4, -0.2) is 24.6 Å². The minimum atomic E-state index is -4.96. The van der Waals surface area contributed by atoms with E-state index in [2.05, 4.69) is 5.32 Å². The number of amides is 2. The molecule has 0 bridgehead atoms. The second kappa shape index (κ2) is 9.98. The van der Waals surface area contributed by atoms with Crippen molar-refractivity contribution in [3.63, 3.8) is 0 Å². The highest BCUT2D eigenvalue weighted by Gasteiger charge is 2.38. The molecule has 0 spiro atoms. The lowest BCUT2D eigenvalue weighted by molar-refractivity contribution is -0.173. The molecule has 0 atom stereocenters. The molecule has 150 valence electrons. The van der Waals surface area contributed by atoms with Gasteiger partial charge in [0.1, 0.15) is 5.75 Å². The number of nitrogens with one attached hydrogen (secondary N) is 2. The summed E-state index contributed by atoms with van der Waals surface area (Å²) in [5.41, 5.74) is 0.697. The normalized spacial score (nSPS) is 11.0. The Morgan fingerprint density at radius 3 is 2.43 bits per heavy atom. The number of ether oxygens (including phenoxy) is 1. The number of benzene rings is 2. The van der Waals surface area contributed by atoms with Gasteiger partial charge in [0.2, 0.25) is 5.91 Å². The Morgan fingerprint density at radius 1 is 1.04 bits per heavy atom. The third-order valence-corrected chi connectivity index (χ3v) is 3.94. The van der Waals surface area contributed by atoms with E-state index in [0.29, 0.717) is 28.4 Å². The molecule has 0 radical (unpaired) electrons. The summed E-state index contributed by atoms with van der Waals surface area (Å²) in [7, 11) is 0. The van der Waals surface area contributed by atoms with E-state index in [1.807, 2.05) is 0 Å². The van der Waals surface area contributed by atoms with Crippen molar-refractivity contribution in [2.24, 2.45) is 0 Å². The molecule has 0 saturated carbocycles. The second-order valence-corrected chi connectivity index (χ2v) is 6.18. The lowest BCUT2D eigenvalue weighted by Gasteiger charge is -2.13. The van der Waals surface area contributed by atoms with E-state index in [4.69, 9.17) is 16.3 Å². The number of halogens is 4. The van der Waals surface area contributed by atoms with Gasteiger partial charge in [0.15, 0.2) is 0 Å². The average Bonchev–Trinajstić information content (AvgIpc) is 2.65. The fourth-order valence-electron chi connectivity index (χ4n) is 2.26. The highest BCUT2D eigenvalue weighted by molar-refractivity contribution is 6.32. The fraction of sp³-hybridized carbons (Fsp3) is 0.263. The molecule has 0 heterocycles. The molecule has 2 aromatic rings. The lowest BCUT2D eigenvalue weighted by atomic mass is 10.1. The molecule has 28 heavy (non-hydrogen) atoms. The number of hydrogen-bond donors (Lipinski definition) is 2. The first-order valence-electron chi connectivity index (χ1n) is 8.37. The van der Waals surface area contributed by atoms with Gasteiger partial charge in [0, 0.05) is 18.7 Å². The molecule has 2 N–H and O–H groups in total. The van der Waals surface area contributed by atoms with Crippen molar-refractivity contribution < 1.29 is 27.5 Å². The van der Waals surface area contributed by atoms with Crippen LogP contribution < -0.4 is 15.4 Å². The Morgan fingerprint density at radius 2 is 1.71 bits per heavy atom. The molecule has 0 aliphatic rings. The Kier molecular flexibility index (Phi) is 7.69. The molecule has 0 unspecified atom stereocenters. The van der Waals surface area contributed by atoms with Gasteiger partial charge >= 0.3 is 12.1 Å². The highest BCUT2D eigenvalue weighted by atomic mass is 35.5. The Hall–Kier alpha value is -2.74. The Bertz CT molecular complexity index is 828. The number of carbonyl (C=O) groups excluding carboxylic acids is 2. The molecular weight excluding hydrogens is 397 g/mol. The van der Waals surface area contributed by atoms with Crippen LogP contribution in [0.2, 0.25) is 5.02 Å². The summed E-state index contributed by atoms with van der Waals surface area (Å²) in [6, 6.07) is 13.3. The second-order valence-electron chi connectivity index (χ2n) is 5.77. The van der Waals surface area contributed by atoms with Gasteiger partial charge < -0.3 is 15.4 Å². The Labute approximate surface area is 164 Å². The first kappa shape index (κ1) is 21.6. The van der Waals surface area contributed by atoms with Gasteiger partial charge in [-0.2, -0.15) is 13.2 Å². The molecule has 0 aromatic heterocycles. The number of hydrogen-bond acceptors (Lipinski definition) is 3. The zero-order chi connectivity index (χ0) is 20.6. The molecule has 2 aromatic carbocycles. The van der Waals surface area contributed by atoms with Crippen molar-refractivity contribution in [3.8, 4) is 5.75 Å². The van der Waals surface area contributed by atoms with Crippen LogP contribution in [0.1, 0.15) is 18.4 Å². The van der Waals surface area contributed by atoms with E-state index in [0.717, 1.165) is 0 Å². The maximum absolute atomic E-state index is 12.3. The molecule has 9 heteroatoms. The maximum atomic E-state index is 12.3. The maximum Gasteiger partial charge on any atom is 0.471 e. The van der Waals surface area contributed by atoms with Gasteiger partial charge in [0.25, 0.3) is 0 Å².